The predicted octanol–water partition coefficient (Wildman–Crippen LogP) is 4.80. The van der Waals surface area contributed by atoms with E-state index in [-0.39, 0.29) is 35.8 Å². The van der Waals surface area contributed by atoms with Crippen LogP contribution in [0.2, 0.25) is 0 Å². The molecule has 5 nitrogen and oxygen atoms in total. The number of ether oxygens (including phenoxy) is 1. The second kappa shape index (κ2) is 13.8. The number of benzene rings is 2. The molecule has 1 aliphatic carbocycles. The molecule has 2 aromatic rings. The zero-order valence-electron chi connectivity index (χ0n) is 18.7. The molecule has 2 aromatic carbocycles. The standard InChI is InChI=1S/C24H32FN3O2S.HI/c1-3-26-24(27-13-14-31(29)17-20-7-5-4-6-8-20)28-18(2)21-11-12-23(22(25)15-21)30-16-19-9-10-19;/h4-8,11-12,15,18-19H,3,9-10,13-14,16-17H2,1-2H3,(H2,26,27,28);1H. The van der Waals surface area contributed by atoms with Crippen molar-refractivity contribution in [2.24, 2.45) is 10.9 Å². The fourth-order valence-corrected chi connectivity index (χ4v) is 4.10. The van der Waals surface area contributed by atoms with Gasteiger partial charge in [0.2, 0.25) is 0 Å². The second-order valence-electron chi connectivity index (χ2n) is 7.84. The maximum absolute atomic E-state index is 14.4. The third kappa shape index (κ3) is 9.05. The lowest BCUT2D eigenvalue weighted by molar-refractivity contribution is 0.285. The maximum Gasteiger partial charge on any atom is 0.191 e. The number of halogens is 2. The summed E-state index contributed by atoms with van der Waals surface area (Å²) in [7, 11) is -0.973. The summed E-state index contributed by atoms with van der Waals surface area (Å²) >= 11 is 0. The van der Waals surface area contributed by atoms with Gasteiger partial charge >= 0.3 is 0 Å². The van der Waals surface area contributed by atoms with E-state index in [1.54, 1.807) is 6.07 Å². The van der Waals surface area contributed by atoms with Gasteiger partial charge in [-0.15, -0.1) is 24.0 Å². The molecule has 0 aliphatic heterocycles. The molecule has 0 aromatic heterocycles. The molecule has 2 N–H and O–H groups in total. The van der Waals surface area contributed by atoms with Crippen LogP contribution in [-0.4, -0.2) is 35.6 Å². The summed E-state index contributed by atoms with van der Waals surface area (Å²) in [6.07, 6.45) is 2.35. The van der Waals surface area contributed by atoms with Crippen molar-refractivity contribution in [3.8, 4) is 5.75 Å². The van der Waals surface area contributed by atoms with E-state index in [0.717, 1.165) is 11.1 Å². The first kappa shape index (κ1) is 26.6. The molecule has 1 aliphatic rings. The smallest absolute Gasteiger partial charge is 0.191 e. The summed E-state index contributed by atoms with van der Waals surface area (Å²) in [5, 5.41) is 6.49. The Balaban J connectivity index is 0.00000363. The van der Waals surface area contributed by atoms with Crippen molar-refractivity contribution in [2.75, 3.05) is 25.4 Å². The number of nitrogens with one attached hydrogen (secondary N) is 2. The minimum absolute atomic E-state index is 0. The first-order chi connectivity index (χ1) is 15.0. The molecular formula is C24H33FIN3O2S. The molecule has 1 saturated carbocycles. The van der Waals surface area contributed by atoms with E-state index in [9.17, 15) is 8.60 Å². The third-order valence-electron chi connectivity index (χ3n) is 5.08. The SMILES string of the molecule is CCNC(=NCCS(=O)Cc1ccccc1)NC(C)c1ccc(OCC2CC2)c(F)c1.I. The molecular weight excluding hydrogens is 540 g/mol. The lowest BCUT2D eigenvalue weighted by Gasteiger charge is -2.19. The van der Waals surface area contributed by atoms with Crippen LogP contribution in [0.1, 0.15) is 43.9 Å². The molecule has 1 fully saturated rings. The first-order valence-electron chi connectivity index (χ1n) is 10.9. The molecule has 32 heavy (non-hydrogen) atoms. The molecule has 0 amide bonds. The van der Waals surface area contributed by atoms with Gasteiger partial charge in [-0.1, -0.05) is 36.4 Å². The molecule has 0 spiro atoms. The number of aliphatic imine (C=N–C) groups is 1. The average Bonchev–Trinajstić information content (AvgIpc) is 3.58. The Labute approximate surface area is 210 Å². The number of hydrogen-bond donors (Lipinski definition) is 2. The minimum atomic E-state index is -0.973. The number of guanidine groups is 1. The Morgan fingerprint density at radius 2 is 2.00 bits per heavy atom. The van der Waals surface area contributed by atoms with Crippen LogP contribution >= 0.6 is 24.0 Å². The number of rotatable bonds is 11. The Morgan fingerprint density at radius 1 is 1.25 bits per heavy atom. The van der Waals surface area contributed by atoms with Crippen LogP contribution in [0, 0.1) is 11.7 Å². The van der Waals surface area contributed by atoms with Crippen LogP contribution in [0.4, 0.5) is 4.39 Å². The van der Waals surface area contributed by atoms with Gasteiger partial charge in [0.1, 0.15) is 0 Å². The van der Waals surface area contributed by atoms with E-state index in [2.05, 4.69) is 15.6 Å². The molecule has 3 rings (SSSR count). The van der Waals surface area contributed by atoms with Crippen LogP contribution in [0.5, 0.6) is 5.75 Å². The van der Waals surface area contributed by atoms with Gasteiger partial charge in [-0.3, -0.25) is 9.20 Å². The first-order valence-corrected chi connectivity index (χ1v) is 12.4. The summed E-state index contributed by atoms with van der Waals surface area (Å²) in [6, 6.07) is 14.8. The summed E-state index contributed by atoms with van der Waals surface area (Å²) in [6.45, 7) is 5.69. The minimum Gasteiger partial charge on any atom is -0.490 e. The van der Waals surface area contributed by atoms with Crippen molar-refractivity contribution in [2.45, 2.75) is 38.5 Å². The Kier molecular flexibility index (Phi) is 11.4. The molecule has 0 heterocycles. The van der Waals surface area contributed by atoms with Gasteiger partial charge in [-0.05, 0) is 55.9 Å². The van der Waals surface area contributed by atoms with Gasteiger partial charge in [0.05, 0.1) is 19.2 Å². The van der Waals surface area contributed by atoms with Crippen molar-refractivity contribution in [1.82, 2.24) is 10.6 Å². The highest BCUT2D eigenvalue weighted by Gasteiger charge is 2.22. The van der Waals surface area contributed by atoms with Gasteiger partial charge in [0.25, 0.3) is 0 Å². The average molecular weight is 574 g/mol. The Morgan fingerprint density at radius 3 is 2.66 bits per heavy atom. The predicted molar refractivity (Wildman–Crippen MR) is 141 cm³/mol. The molecule has 0 bridgehead atoms. The highest BCUT2D eigenvalue weighted by atomic mass is 127. The van der Waals surface area contributed by atoms with Gasteiger partial charge in [0, 0.05) is 28.9 Å². The summed E-state index contributed by atoms with van der Waals surface area (Å²) in [5.74, 6) is 2.20. The third-order valence-corrected chi connectivity index (χ3v) is 6.38. The van der Waals surface area contributed by atoms with Crippen LogP contribution in [0.25, 0.3) is 0 Å². The fourth-order valence-electron chi connectivity index (χ4n) is 3.10. The fraction of sp³-hybridized carbons (Fsp3) is 0.458. The lowest BCUT2D eigenvalue weighted by Crippen LogP contribution is -2.39. The van der Waals surface area contributed by atoms with E-state index in [4.69, 9.17) is 4.74 Å². The Hall–Kier alpha value is -1.68. The van der Waals surface area contributed by atoms with Crippen LogP contribution in [0.3, 0.4) is 0 Å². The van der Waals surface area contributed by atoms with Gasteiger partial charge in [-0.25, -0.2) is 4.39 Å². The van der Waals surface area contributed by atoms with Crippen molar-refractivity contribution < 1.29 is 13.3 Å². The quantitative estimate of drug-likeness (QED) is 0.231. The van der Waals surface area contributed by atoms with E-state index < -0.39 is 10.8 Å². The van der Waals surface area contributed by atoms with E-state index in [0.29, 0.717) is 48.8 Å². The Bertz CT molecular complexity index is 894. The molecule has 8 heteroatoms. The molecule has 2 atom stereocenters. The number of nitrogens with zero attached hydrogens (tertiary/aromatic N) is 1. The summed E-state index contributed by atoms with van der Waals surface area (Å²) in [5.41, 5.74) is 1.88. The largest absolute Gasteiger partial charge is 0.490 e. The van der Waals surface area contributed by atoms with Crippen molar-refractivity contribution in [3.63, 3.8) is 0 Å². The van der Waals surface area contributed by atoms with Gasteiger partial charge in [0.15, 0.2) is 17.5 Å². The normalized spacial score (nSPS) is 15.4. The number of hydrogen-bond acceptors (Lipinski definition) is 3. The zero-order chi connectivity index (χ0) is 22.1. The van der Waals surface area contributed by atoms with Crippen LogP contribution in [-0.2, 0) is 16.6 Å². The molecule has 0 saturated heterocycles. The highest BCUT2D eigenvalue weighted by molar-refractivity contribution is 14.0. The van der Waals surface area contributed by atoms with Crippen LogP contribution in [0.15, 0.2) is 53.5 Å². The molecule has 176 valence electrons. The maximum atomic E-state index is 14.4. The van der Waals surface area contributed by atoms with Crippen molar-refractivity contribution in [3.05, 3.63) is 65.5 Å². The molecule has 0 radical (unpaired) electrons. The highest BCUT2D eigenvalue weighted by Crippen LogP contribution is 2.30. The van der Waals surface area contributed by atoms with Gasteiger partial charge < -0.3 is 15.4 Å². The molecule has 2 unspecified atom stereocenters. The van der Waals surface area contributed by atoms with Crippen molar-refractivity contribution in [1.29, 1.82) is 0 Å². The van der Waals surface area contributed by atoms with E-state index in [1.165, 1.54) is 18.9 Å². The zero-order valence-corrected chi connectivity index (χ0v) is 21.8. The lowest BCUT2D eigenvalue weighted by atomic mass is 10.1. The summed E-state index contributed by atoms with van der Waals surface area (Å²) < 4.78 is 32.3. The van der Waals surface area contributed by atoms with Gasteiger partial charge in [-0.2, -0.15) is 0 Å². The van der Waals surface area contributed by atoms with E-state index in [1.807, 2.05) is 50.2 Å². The van der Waals surface area contributed by atoms with Crippen LogP contribution < -0.4 is 15.4 Å². The van der Waals surface area contributed by atoms with Crippen molar-refractivity contribution >= 4 is 40.7 Å². The second-order valence-corrected chi connectivity index (χ2v) is 9.42. The van der Waals surface area contributed by atoms with E-state index >= 15 is 0 Å². The topological polar surface area (TPSA) is 62.7 Å². The monoisotopic (exact) mass is 573 g/mol. The summed E-state index contributed by atoms with van der Waals surface area (Å²) in [4.78, 5) is 4.54.